The first-order valence-electron chi connectivity index (χ1n) is 9.87. The number of nitrogens with zero attached hydrogens (tertiary/aromatic N) is 5. The lowest BCUT2D eigenvalue weighted by Crippen LogP contribution is -2.42. The van der Waals surface area contributed by atoms with E-state index in [-0.39, 0.29) is 11.8 Å². The molecular weight excluding hydrogens is 408 g/mol. The third kappa shape index (κ3) is 5.62. The van der Waals surface area contributed by atoms with Crippen LogP contribution in [0.1, 0.15) is 32.6 Å². The minimum Gasteiger partial charge on any atom is -0.448 e. The highest BCUT2D eigenvalue weighted by Crippen LogP contribution is 2.32. The monoisotopic (exact) mass is 430 g/mol. The SMILES string of the molecule is CCCC1CCCN(C(=O)Nc2ccc(Oc3cc([N+](=O)[O-])nnc3[N+](=O)[O-])cc2)C1. The number of rotatable bonds is 7. The first-order valence-corrected chi connectivity index (χ1v) is 9.87. The predicted octanol–water partition coefficient (Wildman–Crippen LogP) is 4.13. The summed E-state index contributed by atoms with van der Waals surface area (Å²) in [5, 5.41) is 31.2. The summed E-state index contributed by atoms with van der Waals surface area (Å²) in [5.74, 6) is -1.11. The van der Waals surface area contributed by atoms with Crippen LogP contribution in [0.15, 0.2) is 30.3 Å². The molecule has 1 fully saturated rings. The highest BCUT2D eigenvalue weighted by Gasteiger charge is 2.27. The van der Waals surface area contributed by atoms with Gasteiger partial charge in [-0.2, -0.15) is 0 Å². The molecule has 0 aliphatic carbocycles. The van der Waals surface area contributed by atoms with E-state index in [0.717, 1.165) is 38.3 Å². The number of aromatic nitrogens is 2. The third-order valence-corrected chi connectivity index (χ3v) is 4.92. The van der Waals surface area contributed by atoms with Crippen LogP contribution in [-0.2, 0) is 0 Å². The molecule has 31 heavy (non-hydrogen) atoms. The molecule has 1 atom stereocenters. The number of hydrogen-bond donors (Lipinski definition) is 1. The summed E-state index contributed by atoms with van der Waals surface area (Å²) in [7, 11) is 0. The van der Waals surface area contributed by atoms with Crippen LogP contribution in [0.5, 0.6) is 11.5 Å². The van der Waals surface area contributed by atoms with Gasteiger partial charge in [0.25, 0.3) is 0 Å². The highest BCUT2D eigenvalue weighted by molar-refractivity contribution is 5.89. The average molecular weight is 430 g/mol. The Labute approximate surface area is 177 Å². The highest BCUT2D eigenvalue weighted by atomic mass is 16.6. The third-order valence-electron chi connectivity index (χ3n) is 4.92. The van der Waals surface area contributed by atoms with Gasteiger partial charge in [-0.1, -0.05) is 13.3 Å². The summed E-state index contributed by atoms with van der Waals surface area (Å²) >= 11 is 0. The Morgan fingerprint density at radius 1 is 1.23 bits per heavy atom. The maximum Gasteiger partial charge on any atom is 0.459 e. The van der Waals surface area contributed by atoms with Crippen LogP contribution >= 0.6 is 0 Å². The molecule has 2 heterocycles. The largest absolute Gasteiger partial charge is 0.459 e. The molecular formula is C19H22N6O6. The fourth-order valence-corrected chi connectivity index (χ4v) is 3.48. The summed E-state index contributed by atoms with van der Waals surface area (Å²) in [5.41, 5.74) is 0.531. The molecule has 1 aromatic carbocycles. The maximum atomic E-state index is 12.5. The maximum absolute atomic E-state index is 12.5. The molecule has 164 valence electrons. The van der Waals surface area contributed by atoms with E-state index >= 15 is 0 Å². The zero-order chi connectivity index (χ0) is 22.4. The minimum atomic E-state index is -0.842. The van der Waals surface area contributed by atoms with Crippen LogP contribution in [-0.4, -0.2) is 44.1 Å². The van der Waals surface area contributed by atoms with Crippen molar-refractivity contribution in [1.82, 2.24) is 15.1 Å². The summed E-state index contributed by atoms with van der Waals surface area (Å²) in [4.78, 5) is 34.6. The number of amides is 2. The van der Waals surface area contributed by atoms with E-state index in [2.05, 4.69) is 22.4 Å². The van der Waals surface area contributed by atoms with E-state index in [1.54, 1.807) is 17.0 Å². The Kier molecular flexibility index (Phi) is 6.90. The van der Waals surface area contributed by atoms with E-state index < -0.39 is 27.2 Å². The van der Waals surface area contributed by atoms with Crippen molar-refractivity contribution in [2.45, 2.75) is 32.6 Å². The van der Waals surface area contributed by atoms with Crippen molar-refractivity contribution in [2.75, 3.05) is 18.4 Å². The van der Waals surface area contributed by atoms with E-state index in [1.807, 2.05) is 0 Å². The van der Waals surface area contributed by atoms with Crippen LogP contribution in [0.2, 0.25) is 0 Å². The average Bonchev–Trinajstić information content (AvgIpc) is 2.75. The van der Waals surface area contributed by atoms with Gasteiger partial charge in [-0.05, 0) is 59.3 Å². The smallest absolute Gasteiger partial charge is 0.448 e. The topological polar surface area (TPSA) is 154 Å². The van der Waals surface area contributed by atoms with Crippen molar-refractivity contribution >= 4 is 23.4 Å². The lowest BCUT2D eigenvalue weighted by molar-refractivity contribution is -0.397. The zero-order valence-corrected chi connectivity index (χ0v) is 16.9. The lowest BCUT2D eigenvalue weighted by Gasteiger charge is -2.32. The molecule has 0 bridgehead atoms. The molecule has 12 heteroatoms. The molecule has 2 aromatic rings. The van der Waals surface area contributed by atoms with Gasteiger partial charge in [-0.25, -0.2) is 4.79 Å². The van der Waals surface area contributed by atoms with Crippen molar-refractivity contribution in [2.24, 2.45) is 5.92 Å². The standard InChI is InChI=1S/C19H22N6O6/c1-2-4-13-5-3-10-23(12-13)19(26)20-14-6-8-15(9-7-14)31-16-11-17(24(27)28)21-22-18(16)25(29)30/h6-9,11,13H,2-5,10,12H2,1H3,(H,20,26). The van der Waals surface area contributed by atoms with Crippen molar-refractivity contribution in [3.8, 4) is 11.5 Å². The summed E-state index contributed by atoms with van der Waals surface area (Å²) in [6.07, 6.45) is 4.31. The molecule has 1 aliphatic heterocycles. The second kappa shape index (κ2) is 9.78. The Bertz CT molecular complexity index is 965. The number of piperidine rings is 1. The molecule has 3 rings (SSSR count). The Morgan fingerprint density at radius 3 is 2.61 bits per heavy atom. The van der Waals surface area contributed by atoms with Crippen molar-refractivity contribution < 1.29 is 19.4 Å². The molecule has 2 amide bonds. The molecule has 1 N–H and O–H groups in total. The van der Waals surface area contributed by atoms with Gasteiger partial charge in [0.1, 0.15) is 5.75 Å². The van der Waals surface area contributed by atoms with Crippen LogP contribution in [0.3, 0.4) is 0 Å². The van der Waals surface area contributed by atoms with Crippen molar-refractivity contribution in [3.63, 3.8) is 0 Å². The molecule has 1 aliphatic rings. The number of carbonyl (C=O) groups excluding carboxylic acids is 1. The number of urea groups is 1. The Balaban J connectivity index is 1.67. The Morgan fingerprint density at radius 2 is 1.97 bits per heavy atom. The lowest BCUT2D eigenvalue weighted by atomic mass is 9.94. The molecule has 0 radical (unpaired) electrons. The van der Waals surface area contributed by atoms with Gasteiger partial charge >= 0.3 is 17.7 Å². The number of nitrogens with one attached hydrogen (secondary N) is 1. The van der Waals surface area contributed by atoms with Crippen LogP contribution in [0, 0.1) is 26.1 Å². The van der Waals surface area contributed by atoms with Gasteiger partial charge in [0, 0.05) is 18.8 Å². The Hall–Kier alpha value is -3.83. The molecule has 1 saturated heterocycles. The first-order chi connectivity index (χ1) is 14.9. The van der Waals surface area contributed by atoms with Crippen LogP contribution in [0.25, 0.3) is 0 Å². The van der Waals surface area contributed by atoms with Gasteiger partial charge in [0.2, 0.25) is 10.8 Å². The number of hydrogen-bond acceptors (Lipinski definition) is 8. The quantitative estimate of drug-likeness (QED) is 0.508. The predicted molar refractivity (Wildman–Crippen MR) is 110 cm³/mol. The van der Waals surface area contributed by atoms with Crippen molar-refractivity contribution in [3.05, 3.63) is 50.6 Å². The summed E-state index contributed by atoms with van der Waals surface area (Å²) in [6.45, 7) is 3.58. The second-order valence-electron chi connectivity index (χ2n) is 7.20. The van der Waals surface area contributed by atoms with Gasteiger partial charge in [0.05, 0.1) is 6.07 Å². The van der Waals surface area contributed by atoms with Gasteiger partial charge in [0.15, 0.2) is 5.10 Å². The summed E-state index contributed by atoms with van der Waals surface area (Å²) < 4.78 is 5.41. The minimum absolute atomic E-state index is 0.181. The molecule has 0 spiro atoms. The normalized spacial score (nSPS) is 15.9. The second-order valence-corrected chi connectivity index (χ2v) is 7.20. The van der Waals surface area contributed by atoms with E-state index in [0.29, 0.717) is 18.2 Å². The number of carbonyl (C=O) groups is 1. The zero-order valence-electron chi connectivity index (χ0n) is 16.9. The van der Waals surface area contributed by atoms with Gasteiger partial charge < -0.3 is 35.2 Å². The molecule has 12 nitrogen and oxygen atoms in total. The number of anilines is 1. The molecule has 1 aromatic heterocycles. The van der Waals surface area contributed by atoms with E-state index in [4.69, 9.17) is 4.74 Å². The summed E-state index contributed by atoms with van der Waals surface area (Å²) in [6, 6.07) is 6.79. The fraction of sp³-hybridized carbons (Fsp3) is 0.421. The van der Waals surface area contributed by atoms with Crippen LogP contribution < -0.4 is 10.1 Å². The number of benzene rings is 1. The van der Waals surface area contributed by atoms with E-state index in [1.165, 1.54) is 12.1 Å². The number of ether oxygens (including phenoxy) is 1. The van der Waals surface area contributed by atoms with Gasteiger partial charge in [-0.3, -0.25) is 0 Å². The van der Waals surface area contributed by atoms with Crippen molar-refractivity contribution in [1.29, 1.82) is 0 Å². The number of likely N-dealkylation sites (tertiary alicyclic amines) is 1. The molecule has 0 saturated carbocycles. The van der Waals surface area contributed by atoms with E-state index in [9.17, 15) is 25.0 Å². The van der Waals surface area contributed by atoms with Gasteiger partial charge in [-0.15, -0.1) is 0 Å². The first kappa shape index (κ1) is 21.9. The number of nitro groups is 2. The fourth-order valence-electron chi connectivity index (χ4n) is 3.48. The van der Waals surface area contributed by atoms with Crippen LogP contribution in [0.4, 0.5) is 22.1 Å². The molecule has 1 unspecified atom stereocenters.